The molecule has 0 radical (unpaired) electrons. The Kier molecular flexibility index (Phi) is 6.29. The van der Waals surface area contributed by atoms with Crippen LogP contribution in [0.3, 0.4) is 0 Å². The number of fused-ring (bicyclic) bond motifs is 1. The first kappa shape index (κ1) is 19.4. The van der Waals surface area contributed by atoms with E-state index in [1.165, 1.54) is 6.07 Å². The zero-order valence-electron chi connectivity index (χ0n) is 15.7. The number of hydrogen-bond donors (Lipinski definition) is 1. The fourth-order valence-electron chi connectivity index (χ4n) is 2.73. The third-order valence-electron chi connectivity index (χ3n) is 4.12. The first-order valence-corrected chi connectivity index (χ1v) is 8.71. The molecule has 2 aromatic carbocycles. The fourth-order valence-corrected chi connectivity index (χ4v) is 2.73. The van der Waals surface area contributed by atoms with Gasteiger partial charge in [-0.05, 0) is 35.4 Å². The van der Waals surface area contributed by atoms with Gasteiger partial charge in [-0.1, -0.05) is 12.1 Å². The molecule has 28 heavy (non-hydrogen) atoms. The minimum absolute atomic E-state index is 0.141. The Hall–Kier alpha value is -3.32. The Morgan fingerprint density at radius 2 is 1.79 bits per heavy atom. The van der Waals surface area contributed by atoms with Gasteiger partial charge in [-0.15, -0.1) is 0 Å². The molecule has 7 nitrogen and oxygen atoms in total. The molecule has 146 valence electrons. The molecule has 0 aliphatic rings. The van der Waals surface area contributed by atoms with Crippen molar-refractivity contribution in [2.75, 3.05) is 34.0 Å². The monoisotopic (exact) mass is 383 g/mol. The van der Waals surface area contributed by atoms with Gasteiger partial charge >= 0.3 is 5.63 Å². The minimum atomic E-state index is -0.465. The van der Waals surface area contributed by atoms with E-state index in [0.29, 0.717) is 24.5 Å². The highest BCUT2D eigenvalue weighted by Crippen LogP contribution is 2.30. The molecule has 0 unspecified atom stereocenters. The highest BCUT2D eigenvalue weighted by molar-refractivity contribution is 5.93. The standard InChI is InChI=1S/C21H21NO6/c1-25-10-9-22-20(23)13-27-16-7-8-17-18(12-21(24)28-19(17)11-16)14-3-5-15(26-2)6-4-14/h3-8,11-12H,9-10,13H2,1-2H3,(H,22,23). The van der Waals surface area contributed by atoms with Crippen molar-refractivity contribution in [2.45, 2.75) is 0 Å². The number of methoxy groups -OCH3 is 2. The van der Waals surface area contributed by atoms with Gasteiger partial charge in [0.15, 0.2) is 6.61 Å². The summed E-state index contributed by atoms with van der Waals surface area (Å²) in [5, 5.41) is 3.43. The number of nitrogens with one attached hydrogen (secondary N) is 1. The van der Waals surface area contributed by atoms with Gasteiger partial charge < -0.3 is 23.9 Å². The molecule has 3 rings (SSSR count). The Balaban J connectivity index is 1.82. The van der Waals surface area contributed by atoms with Gasteiger partial charge in [0.25, 0.3) is 5.91 Å². The molecule has 0 bridgehead atoms. The summed E-state index contributed by atoms with van der Waals surface area (Å²) >= 11 is 0. The highest BCUT2D eigenvalue weighted by Gasteiger charge is 2.10. The van der Waals surface area contributed by atoms with E-state index in [-0.39, 0.29) is 12.5 Å². The zero-order valence-corrected chi connectivity index (χ0v) is 15.7. The lowest BCUT2D eigenvalue weighted by Gasteiger charge is -2.10. The third kappa shape index (κ3) is 4.69. The predicted octanol–water partition coefficient (Wildman–Crippen LogP) is 2.61. The van der Waals surface area contributed by atoms with Crippen LogP contribution in [0.5, 0.6) is 11.5 Å². The number of carbonyl (C=O) groups is 1. The molecular weight excluding hydrogens is 362 g/mol. The van der Waals surface area contributed by atoms with Crippen molar-refractivity contribution in [1.29, 1.82) is 0 Å². The topological polar surface area (TPSA) is 87.0 Å². The van der Waals surface area contributed by atoms with Gasteiger partial charge in [-0.25, -0.2) is 4.79 Å². The van der Waals surface area contributed by atoms with Gasteiger partial charge in [0.2, 0.25) is 0 Å². The molecule has 1 heterocycles. The molecule has 0 saturated carbocycles. The number of rotatable bonds is 8. The summed E-state index contributed by atoms with van der Waals surface area (Å²) in [5.41, 5.74) is 1.53. The van der Waals surface area contributed by atoms with Crippen molar-refractivity contribution in [3.63, 3.8) is 0 Å². The molecule has 0 spiro atoms. The first-order chi connectivity index (χ1) is 13.6. The van der Waals surface area contributed by atoms with Crippen LogP contribution in [0, 0.1) is 0 Å². The maximum absolute atomic E-state index is 12.0. The number of ether oxygens (including phenoxy) is 3. The van der Waals surface area contributed by atoms with Crippen molar-refractivity contribution in [1.82, 2.24) is 5.32 Å². The number of benzene rings is 2. The van der Waals surface area contributed by atoms with Crippen LogP contribution in [-0.4, -0.2) is 39.9 Å². The number of hydrogen-bond acceptors (Lipinski definition) is 6. The summed E-state index contributed by atoms with van der Waals surface area (Å²) in [4.78, 5) is 23.7. The van der Waals surface area contributed by atoms with Crippen molar-refractivity contribution in [2.24, 2.45) is 0 Å². The normalized spacial score (nSPS) is 10.6. The lowest BCUT2D eigenvalue weighted by Crippen LogP contribution is -2.31. The maximum Gasteiger partial charge on any atom is 0.336 e. The highest BCUT2D eigenvalue weighted by atomic mass is 16.5. The minimum Gasteiger partial charge on any atom is -0.497 e. The van der Waals surface area contributed by atoms with E-state index in [0.717, 1.165) is 22.3 Å². The van der Waals surface area contributed by atoms with E-state index in [9.17, 15) is 9.59 Å². The van der Waals surface area contributed by atoms with Gasteiger partial charge in [0.1, 0.15) is 17.1 Å². The molecule has 0 aliphatic carbocycles. The van der Waals surface area contributed by atoms with E-state index < -0.39 is 5.63 Å². The lowest BCUT2D eigenvalue weighted by molar-refractivity contribution is -0.123. The van der Waals surface area contributed by atoms with Gasteiger partial charge in [0.05, 0.1) is 13.7 Å². The van der Waals surface area contributed by atoms with E-state index in [2.05, 4.69) is 5.32 Å². The second kappa shape index (κ2) is 9.05. The fraction of sp³-hybridized carbons (Fsp3) is 0.238. The van der Waals surface area contributed by atoms with Crippen LogP contribution >= 0.6 is 0 Å². The zero-order chi connectivity index (χ0) is 19.9. The van der Waals surface area contributed by atoms with Crippen LogP contribution in [-0.2, 0) is 9.53 Å². The summed E-state index contributed by atoms with van der Waals surface area (Å²) in [6.07, 6.45) is 0. The van der Waals surface area contributed by atoms with Crippen LogP contribution in [0.25, 0.3) is 22.1 Å². The van der Waals surface area contributed by atoms with Gasteiger partial charge in [-0.2, -0.15) is 0 Å². The molecule has 3 aromatic rings. The summed E-state index contributed by atoms with van der Waals surface area (Å²) in [7, 11) is 3.16. The molecule has 1 amide bonds. The summed E-state index contributed by atoms with van der Waals surface area (Å²) in [5.74, 6) is 0.908. The Bertz CT molecular complexity index is 1010. The molecule has 0 atom stereocenters. The molecule has 0 saturated heterocycles. The number of carbonyl (C=O) groups excluding carboxylic acids is 1. The Labute approximate surface area is 161 Å². The van der Waals surface area contributed by atoms with Crippen LogP contribution in [0.15, 0.2) is 57.7 Å². The van der Waals surface area contributed by atoms with Crippen LogP contribution in [0.4, 0.5) is 0 Å². The molecular formula is C21H21NO6. The average molecular weight is 383 g/mol. The first-order valence-electron chi connectivity index (χ1n) is 8.71. The lowest BCUT2D eigenvalue weighted by atomic mass is 10.0. The molecule has 7 heteroatoms. The quantitative estimate of drug-likeness (QED) is 0.475. The Morgan fingerprint density at radius 3 is 2.50 bits per heavy atom. The molecule has 1 aromatic heterocycles. The third-order valence-corrected chi connectivity index (χ3v) is 4.12. The maximum atomic E-state index is 12.0. The molecule has 0 fully saturated rings. The number of amides is 1. The van der Waals surface area contributed by atoms with Gasteiger partial charge in [0, 0.05) is 31.2 Å². The van der Waals surface area contributed by atoms with E-state index >= 15 is 0 Å². The largest absolute Gasteiger partial charge is 0.497 e. The van der Waals surface area contributed by atoms with Crippen molar-refractivity contribution >= 4 is 16.9 Å². The summed E-state index contributed by atoms with van der Waals surface area (Å²) in [6.45, 7) is 0.704. The van der Waals surface area contributed by atoms with E-state index in [1.54, 1.807) is 32.4 Å². The van der Waals surface area contributed by atoms with Crippen molar-refractivity contribution < 1.29 is 23.4 Å². The van der Waals surface area contributed by atoms with Crippen molar-refractivity contribution in [3.8, 4) is 22.6 Å². The van der Waals surface area contributed by atoms with Crippen molar-refractivity contribution in [3.05, 3.63) is 59.0 Å². The van der Waals surface area contributed by atoms with Crippen LogP contribution in [0.1, 0.15) is 0 Å². The summed E-state index contributed by atoms with van der Waals surface area (Å²) < 4.78 is 20.9. The average Bonchev–Trinajstić information content (AvgIpc) is 2.71. The smallest absolute Gasteiger partial charge is 0.336 e. The molecule has 1 N–H and O–H groups in total. The molecule has 0 aliphatic heterocycles. The Morgan fingerprint density at radius 1 is 1.04 bits per heavy atom. The van der Waals surface area contributed by atoms with Crippen LogP contribution in [0.2, 0.25) is 0 Å². The van der Waals surface area contributed by atoms with E-state index in [4.69, 9.17) is 18.6 Å². The SMILES string of the molecule is COCCNC(=O)COc1ccc2c(-c3ccc(OC)cc3)cc(=O)oc2c1. The predicted molar refractivity (Wildman–Crippen MR) is 105 cm³/mol. The summed E-state index contributed by atoms with van der Waals surface area (Å²) in [6, 6.07) is 14.0. The van der Waals surface area contributed by atoms with Gasteiger partial charge in [-0.3, -0.25) is 4.79 Å². The second-order valence-corrected chi connectivity index (χ2v) is 6.00. The second-order valence-electron chi connectivity index (χ2n) is 6.00. The van der Waals surface area contributed by atoms with E-state index in [1.807, 2.05) is 24.3 Å². The van der Waals surface area contributed by atoms with Crippen LogP contribution < -0.4 is 20.4 Å².